The van der Waals surface area contributed by atoms with E-state index in [1.807, 2.05) is 0 Å². The molecule has 13 nitrogen and oxygen atoms in total. The summed E-state index contributed by atoms with van der Waals surface area (Å²) in [5, 5.41) is 22.2. The van der Waals surface area contributed by atoms with Gasteiger partial charge in [0.05, 0.1) is 27.5 Å². The average Bonchev–Trinajstić information content (AvgIpc) is 3.37. The normalized spacial score (nSPS) is 25.2. The molecule has 1 unspecified atom stereocenters. The topological polar surface area (TPSA) is 188 Å². The molecule has 1 aromatic carbocycles. The van der Waals surface area contributed by atoms with E-state index < -0.39 is 90.7 Å². The van der Waals surface area contributed by atoms with Crippen LogP contribution in [0.1, 0.15) is 36.7 Å². The third kappa shape index (κ3) is 6.35. The van der Waals surface area contributed by atoms with Crippen LogP contribution in [-0.4, -0.2) is 67.4 Å². The molecule has 226 valence electrons. The molecular formula is C27H32FN4O9P. The van der Waals surface area contributed by atoms with E-state index in [2.05, 4.69) is 21.8 Å². The van der Waals surface area contributed by atoms with Gasteiger partial charge in [-0.25, -0.2) is 8.96 Å². The van der Waals surface area contributed by atoms with Crippen molar-refractivity contribution < 1.29 is 45.2 Å². The lowest BCUT2D eigenvalue weighted by atomic mass is 9.94. The third-order valence-corrected chi connectivity index (χ3v) is 8.04. The van der Waals surface area contributed by atoms with Gasteiger partial charge in [-0.05, 0) is 32.9 Å². The van der Waals surface area contributed by atoms with E-state index in [4.69, 9.17) is 27.0 Å². The largest absolute Gasteiger partial charge is 0.463 e. The summed E-state index contributed by atoms with van der Waals surface area (Å²) in [6, 6.07) is 7.65. The molecule has 2 aromatic heterocycles. The van der Waals surface area contributed by atoms with Crippen molar-refractivity contribution in [3.8, 4) is 17.6 Å². The fraction of sp³-hybridized carbons (Fsp3) is 0.444. The maximum absolute atomic E-state index is 14.9. The molecule has 3 heterocycles. The van der Waals surface area contributed by atoms with Crippen molar-refractivity contribution in [1.82, 2.24) is 14.5 Å². The van der Waals surface area contributed by atoms with Crippen LogP contribution in [0, 0.1) is 23.6 Å². The summed E-state index contributed by atoms with van der Waals surface area (Å²) < 4.78 is 69.1. The standard InChI is InChI=1S/C27H32FN4O9P/c1-5-11-27(36)21(33)19(40-25(27)32-12-18(28)20-22(32)30-26(29)31-23(20)34)13-38-42(37,41-17-9-7-6-8-10-17)14-16(4)24(35)39-15(2)3/h6-10,12,15-16,19,21,25,33,36H,13-14H2,1-4H3,(H3,29,30,31,34)/t16-,19-,21+,25-,27?,42+/m1/s1/i13D2. The highest BCUT2D eigenvalue weighted by Crippen LogP contribution is 2.51. The van der Waals surface area contributed by atoms with Crippen molar-refractivity contribution in [2.75, 3.05) is 18.5 Å². The first-order valence-electron chi connectivity index (χ1n) is 13.8. The maximum Gasteiger partial charge on any atom is 0.380 e. The number of benzene rings is 1. The molecule has 0 amide bonds. The summed E-state index contributed by atoms with van der Waals surface area (Å²) in [7, 11) is -4.62. The Labute approximate surface area is 243 Å². The van der Waals surface area contributed by atoms with Gasteiger partial charge < -0.3 is 29.9 Å². The number of aromatic amines is 1. The minimum absolute atomic E-state index is 0.0263. The van der Waals surface area contributed by atoms with Gasteiger partial charge in [-0.2, -0.15) is 4.98 Å². The number of fused-ring (bicyclic) bond motifs is 1. The van der Waals surface area contributed by atoms with Crippen molar-refractivity contribution >= 4 is 30.5 Å². The molecule has 0 radical (unpaired) electrons. The Morgan fingerprint density at radius 3 is 2.71 bits per heavy atom. The molecular weight excluding hydrogens is 574 g/mol. The second kappa shape index (κ2) is 12.2. The monoisotopic (exact) mass is 608 g/mol. The Bertz CT molecular complexity index is 1710. The summed E-state index contributed by atoms with van der Waals surface area (Å²) in [6.45, 7) is 2.75. The fourth-order valence-electron chi connectivity index (χ4n) is 4.33. The molecule has 3 aromatic rings. The molecule has 6 atom stereocenters. The smallest absolute Gasteiger partial charge is 0.380 e. The van der Waals surface area contributed by atoms with Crippen LogP contribution < -0.4 is 15.8 Å². The van der Waals surface area contributed by atoms with Gasteiger partial charge in [-0.1, -0.05) is 31.0 Å². The first-order valence-corrected chi connectivity index (χ1v) is 14.5. The lowest BCUT2D eigenvalue weighted by Gasteiger charge is -2.27. The first kappa shape index (κ1) is 28.4. The van der Waals surface area contributed by atoms with Crippen molar-refractivity contribution in [2.24, 2.45) is 5.92 Å². The molecule has 1 fully saturated rings. The minimum atomic E-state index is -4.62. The lowest BCUT2D eigenvalue weighted by molar-refractivity contribution is -0.151. The van der Waals surface area contributed by atoms with Gasteiger partial charge in [0, 0.05) is 6.20 Å². The van der Waals surface area contributed by atoms with Crippen LogP contribution in [0.2, 0.25) is 0 Å². The fourth-order valence-corrected chi connectivity index (χ4v) is 6.05. The van der Waals surface area contributed by atoms with Gasteiger partial charge in [-0.15, -0.1) is 5.92 Å². The summed E-state index contributed by atoms with van der Waals surface area (Å²) >= 11 is 0. The Morgan fingerprint density at radius 2 is 2.07 bits per heavy atom. The molecule has 0 saturated carbocycles. The number of carbonyl (C=O) groups excluding carboxylic acids is 1. The number of nitrogen functional groups attached to an aromatic ring is 1. The number of anilines is 1. The van der Waals surface area contributed by atoms with Gasteiger partial charge in [0.25, 0.3) is 5.56 Å². The highest BCUT2D eigenvalue weighted by atomic mass is 31.2. The lowest BCUT2D eigenvalue weighted by Crippen LogP contribution is -2.46. The number of rotatable bonds is 10. The summed E-state index contributed by atoms with van der Waals surface area (Å²) in [4.78, 5) is 30.9. The number of para-hydroxylation sites is 1. The Kier molecular flexibility index (Phi) is 8.28. The summed E-state index contributed by atoms with van der Waals surface area (Å²) in [5.74, 6) is 1.48. The molecule has 15 heteroatoms. The molecule has 1 saturated heterocycles. The number of nitrogens with one attached hydrogen (secondary N) is 1. The Hall–Kier alpha value is -3.73. The highest BCUT2D eigenvalue weighted by molar-refractivity contribution is 7.54. The molecule has 0 aliphatic carbocycles. The maximum atomic E-state index is 14.9. The number of hydrogen-bond donors (Lipinski definition) is 4. The average molecular weight is 609 g/mol. The SMILES string of the molecule is [2H]C([2H])(O[P@@](=O)(C[C@@H](C)C(=O)OC(C)C)Oc1ccccc1)[C@H]1O[C@@H](n2cc(F)c3c(=O)[nH]c(N)nc32)C(O)(C#CC)[C@H]1O. The third-order valence-electron chi connectivity index (χ3n) is 6.17. The second-order valence-electron chi connectivity index (χ2n) is 9.88. The van der Waals surface area contributed by atoms with Crippen LogP contribution >= 0.6 is 7.60 Å². The zero-order valence-electron chi connectivity index (χ0n) is 25.1. The number of aromatic nitrogens is 3. The molecule has 5 N–H and O–H groups in total. The number of aliphatic hydroxyl groups excluding tert-OH is 1. The number of nitrogens with two attached hydrogens (primary N) is 1. The highest BCUT2D eigenvalue weighted by Gasteiger charge is 2.56. The van der Waals surface area contributed by atoms with Gasteiger partial charge in [-0.3, -0.25) is 23.7 Å². The second-order valence-corrected chi connectivity index (χ2v) is 11.8. The predicted octanol–water partition coefficient (Wildman–Crippen LogP) is 2.34. The quantitative estimate of drug-likeness (QED) is 0.150. The number of H-pyrrole nitrogens is 1. The van der Waals surface area contributed by atoms with Crippen LogP contribution in [0.4, 0.5) is 10.3 Å². The number of esters is 1. The molecule has 42 heavy (non-hydrogen) atoms. The summed E-state index contributed by atoms with van der Waals surface area (Å²) in [5.41, 5.74) is 1.67. The number of hydrogen-bond acceptors (Lipinski definition) is 11. The zero-order chi connectivity index (χ0) is 32.6. The van der Waals surface area contributed by atoms with Crippen LogP contribution in [0.15, 0.2) is 41.3 Å². The van der Waals surface area contributed by atoms with E-state index in [1.165, 1.54) is 26.0 Å². The van der Waals surface area contributed by atoms with E-state index in [-0.39, 0.29) is 5.75 Å². The van der Waals surface area contributed by atoms with Crippen molar-refractivity contribution in [1.29, 1.82) is 0 Å². The zero-order valence-corrected chi connectivity index (χ0v) is 24.0. The van der Waals surface area contributed by atoms with Crippen LogP contribution in [0.3, 0.4) is 0 Å². The number of carbonyl (C=O) groups is 1. The van der Waals surface area contributed by atoms with Crippen molar-refractivity contribution in [2.45, 2.75) is 57.8 Å². The number of halogens is 1. The van der Waals surface area contributed by atoms with Gasteiger partial charge >= 0.3 is 13.6 Å². The van der Waals surface area contributed by atoms with Gasteiger partial charge in [0.2, 0.25) is 5.95 Å². The number of nitrogens with zero attached hydrogens (tertiary/aromatic N) is 2. The molecule has 4 rings (SSSR count). The van der Waals surface area contributed by atoms with Gasteiger partial charge in [0.15, 0.2) is 23.3 Å². The van der Waals surface area contributed by atoms with E-state index in [1.54, 1.807) is 32.0 Å². The van der Waals surface area contributed by atoms with E-state index in [0.717, 1.165) is 10.8 Å². The molecule has 1 aliphatic rings. The molecule has 0 bridgehead atoms. The first-order chi connectivity index (χ1) is 20.5. The Morgan fingerprint density at radius 1 is 1.38 bits per heavy atom. The molecule has 1 aliphatic heterocycles. The van der Waals surface area contributed by atoms with Crippen molar-refractivity contribution in [3.63, 3.8) is 0 Å². The van der Waals surface area contributed by atoms with E-state index in [0.29, 0.717) is 0 Å². The van der Waals surface area contributed by atoms with E-state index in [9.17, 15) is 28.8 Å². The predicted molar refractivity (Wildman–Crippen MR) is 149 cm³/mol. The number of aliphatic hydroxyl groups is 2. The Balaban J connectivity index is 1.74. The van der Waals surface area contributed by atoms with Crippen molar-refractivity contribution in [3.05, 3.63) is 52.7 Å². The van der Waals surface area contributed by atoms with E-state index >= 15 is 0 Å². The van der Waals surface area contributed by atoms with Crippen LogP contribution in [-0.2, 0) is 23.4 Å². The summed E-state index contributed by atoms with van der Waals surface area (Å²) in [6.07, 6.45) is -6.59. The van der Waals surface area contributed by atoms with Crippen LogP contribution in [0.5, 0.6) is 5.75 Å². The molecule has 0 spiro atoms. The minimum Gasteiger partial charge on any atom is -0.463 e. The van der Waals surface area contributed by atoms with Crippen LogP contribution in [0.25, 0.3) is 11.0 Å². The van der Waals surface area contributed by atoms with Gasteiger partial charge in [0.1, 0.15) is 23.3 Å². The number of ether oxygens (including phenoxy) is 2.